The number of hydrogen-bond acceptors (Lipinski definition) is 3. The number of nitrogens with zero attached hydrogens (tertiary/aromatic N) is 1. The molecule has 0 bridgehead atoms. The first-order chi connectivity index (χ1) is 8.59. The fourth-order valence-electron chi connectivity index (χ4n) is 1.94. The molecule has 1 unspecified atom stereocenters. The molecular formula is C15H20N2S. The highest BCUT2D eigenvalue weighted by atomic mass is 32.1. The zero-order valence-corrected chi connectivity index (χ0v) is 12.0. The van der Waals surface area contributed by atoms with Crippen LogP contribution in [0.25, 0.3) is 0 Å². The van der Waals surface area contributed by atoms with Gasteiger partial charge in [0.05, 0.1) is 6.04 Å². The normalized spacial score (nSPS) is 13.5. The molecule has 2 rings (SSSR count). The summed E-state index contributed by atoms with van der Waals surface area (Å²) in [6, 6.07) is 11.0. The maximum absolute atomic E-state index is 4.35. The summed E-state index contributed by atoms with van der Waals surface area (Å²) in [5.74, 6) is 0. The first-order valence-electron chi connectivity index (χ1n) is 6.28. The van der Waals surface area contributed by atoms with Crippen molar-refractivity contribution in [1.82, 2.24) is 10.3 Å². The molecule has 0 aliphatic heterocycles. The summed E-state index contributed by atoms with van der Waals surface area (Å²) in [4.78, 5) is 4.35. The largest absolute Gasteiger partial charge is 0.307 e. The number of benzene rings is 1. The minimum Gasteiger partial charge on any atom is -0.307 e. The van der Waals surface area contributed by atoms with Crippen molar-refractivity contribution < 1.29 is 0 Å². The molecule has 0 aliphatic rings. The average molecular weight is 260 g/mol. The third-order valence-electron chi connectivity index (χ3n) is 3.23. The van der Waals surface area contributed by atoms with E-state index in [1.165, 1.54) is 5.56 Å². The van der Waals surface area contributed by atoms with Crippen LogP contribution in [0, 0.1) is 0 Å². The molecule has 0 spiro atoms. The molecule has 1 aromatic heterocycles. The summed E-state index contributed by atoms with van der Waals surface area (Å²) < 4.78 is 0. The number of rotatable bonds is 5. The second-order valence-corrected chi connectivity index (χ2v) is 6.15. The Kier molecular flexibility index (Phi) is 4.15. The standard InChI is InChI=1S/C15H20N2S/c1-12(14-16-9-10-18-14)17-11-15(2,3)13-7-5-4-6-8-13/h4-10,12,17H,11H2,1-3H3. The molecule has 1 heterocycles. The molecule has 0 aliphatic carbocycles. The van der Waals surface area contributed by atoms with Crippen molar-refractivity contribution >= 4 is 11.3 Å². The molecule has 3 heteroatoms. The lowest BCUT2D eigenvalue weighted by atomic mass is 9.84. The maximum Gasteiger partial charge on any atom is 0.109 e. The molecule has 96 valence electrons. The van der Waals surface area contributed by atoms with Gasteiger partial charge >= 0.3 is 0 Å². The van der Waals surface area contributed by atoms with Gasteiger partial charge in [-0.15, -0.1) is 11.3 Å². The summed E-state index contributed by atoms with van der Waals surface area (Å²) in [5, 5.41) is 6.75. The van der Waals surface area contributed by atoms with Crippen LogP contribution in [0.2, 0.25) is 0 Å². The number of thiazole rings is 1. The minimum absolute atomic E-state index is 0.132. The summed E-state index contributed by atoms with van der Waals surface area (Å²) in [6.45, 7) is 7.64. The zero-order chi connectivity index (χ0) is 13.0. The second kappa shape index (κ2) is 5.63. The van der Waals surface area contributed by atoms with E-state index in [0.717, 1.165) is 11.6 Å². The highest BCUT2D eigenvalue weighted by molar-refractivity contribution is 7.09. The highest BCUT2D eigenvalue weighted by Crippen LogP contribution is 2.23. The Morgan fingerprint density at radius 1 is 1.28 bits per heavy atom. The van der Waals surface area contributed by atoms with Gasteiger partial charge in [0.15, 0.2) is 0 Å². The Bertz CT molecular complexity index is 463. The van der Waals surface area contributed by atoms with E-state index in [-0.39, 0.29) is 5.41 Å². The predicted octanol–water partition coefficient (Wildman–Crippen LogP) is 3.77. The van der Waals surface area contributed by atoms with Gasteiger partial charge in [0.2, 0.25) is 0 Å². The van der Waals surface area contributed by atoms with E-state index in [0.29, 0.717) is 6.04 Å². The van der Waals surface area contributed by atoms with Crippen LogP contribution in [0.4, 0.5) is 0 Å². The van der Waals surface area contributed by atoms with Crippen LogP contribution >= 0.6 is 11.3 Å². The van der Waals surface area contributed by atoms with E-state index in [2.05, 4.69) is 61.4 Å². The second-order valence-electron chi connectivity index (χ2n) is 5.22. The van der Waals surface area contributed by atoms with Gasteiger partial charge in [-0.3, -0.25) is 0 Å². The molecule has 2 aromatic rings. The Hall–Kier alpha value is -1.19. The van der Waals surface area contributed by atoms with Crippen molar-refractivity contribution in [2.45, 2.75) is 32.2 Å². The highest BCUT2D eigenvalue weighted by Gasteiger charge is 2.21. The molecule has 1 N–H and O–H groups in total. The number of nitrogens with one attached hydrogen (secondary N) is 1. The van der Waals surface area contributed by atoms with Gasteiger partial charge in [-0.05, 0) is 12.5 Å². The fourth-order valence-corrected chi connectivity index (χ4v) is 2.61. The minimum atomic E-state index is 0.132. The van der Waals surface area contributed by atoms with Crippen molar-refractivity contribution in [2.75, 3.05) is 6.54 Å². The van der Waals surface area contributed by atoms with E-state index in [4.69, 9.17) is 0 Å². The lowest BCUT2D eigenvalue weighted by molar-refractivity contribution is 0.435. The lowest BCUT2D eigenvalue weighted by Crippen LogP contribution is -2.34. The summed E-state index contributed by atoms with van der Waals surface area (Å²) in [7, 11) is 0. The Labute approximate surface area is 113 Å². The zero-order valence-electron chi connectivity index (χ0n) is 11.2. The maximum atomic E-state index is 4.35. The van der Waals surface area contributed by atoms with Crippen LogP contribution in [0.3, 0.4) is 0 Å². The fraction of sp³-hybridized carbons (Fsp3) is 0.400. The van der Waals surface area contributed by atoms with Crippen LogP contribution in [0.1, 0.15) is 37.4 Å². The van der Waals surface area contributed by atoms with Gasteiger partial charge in [-0.25, -0.2) is 4.98 Å². The SMILES string of the molecule is CC(NCC(C)(C)c1ccccc1)c1nccs1. The first-order valence-corrected chi connectivity index (χ1v) is 7.16. The van der Waals surface area contributed by atoms with E-state index < -0.39 is 0 Å². The van der Waals surface area contributed by atoms with E-state index in [1.54, 1.807) is 11.3 Å². The van der Waals surface area contributed by atoms with Crippen molar-refractivity contribution in [3.63, 3.8) is 0 Å². The van der Waals surface area contributed by atoms with E-state index in [1.807, 2.05) is 11.6 Å². The van der Waals surface area contributed by atoms with Gasteiger partial charge in [0.1, 0.15) is 5.01 Å². The van der Waals surface area contributed by atoms with Gasteiger partial charge in [0.25, 0.3) is 0 Å². The Balaban J connectivity index is 1.97. The van der Waals surface area contributed by atoms with E-state index in [9.17, 15) is 0 Å². The predicted molar refractivity (Wildman–Crippen MR) is 78.0 cm³/mol. The molecule has 2 nitrogen and oxygen atoms in total. The quantitative estimate of drug-likeness (QED) is 0.885. The van der Waals surface area contributed by atoms with Crippen LogP contribution in [0.15, 0.2) is 41.9 Å². The monoisotopic (exact) mass is 260 g/mol. The van der Waals surface area contributed by atoms with Crippen LogP contribution < -0.4 is 5.32 Å². The molecule has 1 aromatic carbocycles. The van der Waals surface area contributed by atoms with Gasteiger partial charge in [0, 0.05) is 23.5 Å². The number of aromatic nitrogens is 1. The lowest BCUT2D eigenvalue weighted by Gasteiger charge is -2.27. The Morgan fingerprint density at radius 3 is 2.61 bits per heavy atom. The molecule has 1 atom stereocenters. The van der Waals surface area contributed by atoms with Crippen molar-refractivity contribution in [2.24, 2.45) is 0 Å². The van der Waals surface area contributed by atoms with Gasteiger partial charge < -0.3 is 5.32 Å². The van der Waals surface area contributed by atoms with Crippen molar-refractivity contribution in [3.05, 3.63) is 52.5 Å². The molecule has 0 amide bonds. The van der Waals surface area contributed by atoms with Crippen molar-refractivity contribution in [3.8, 4) is 0 Å². The third kappa shape index (κ3) is 3.18. The molecule has 18 heavy (non-hydrogen) atoms. The summed E-state index contributed by atoms with van der Waals surface area (Å²) in [5.41, 5.74) is 1.50. The molecular weight excluding hydrogens is 240 g/mol. The molecule has 0 fully saturated rings. The van der Waals surface area contributed by atoms with Crippen LogP contribution in [0.5, 0.6) is 0 Å². The van der Waals surface area contributed by atoms with Crippen molar-refractivity contribution in [1.29, 1.82) is 0 Å². The average Bonchev–Trinajstić information content (AvgIpc) is 2.91. The smallest absolute Gasteiger partial charge is 0.109 e. The molecule has 0 saturated heterocycles. The summed E-state index contributed by atoms with van der Waals surface area (Å²) in [6.07, 6.45) is 1.86. The van der Waals surface area contributed by atoms with Gasteiger partial charge in [-0.2, -0.15) is 0 Å². The summed E-state index contributed by atoms with van der Waals surface area (Å²) >= 11 is 1.70. The van der Waals surface area contributed by atoms with Crippen LogP contribution in [-0.2, 0) is 5.41 Å². The van der Waals surface area contributed by atoms with E-state index >= 15 is 0 Å². The third-order valence-corrected chi connectivity index (χ3v) is 4.19. The first kappa shape index (κ1) is 13.2. The topological polar surface area (TPSA) is 24.9 Å². The number of hydrogen-bond donors (Lipinski definition) is 1. The van der Waals surface area contributed by atoms with Gasteiger partial charge in [-0.1, -0.05) is 44.2 Å². The molecule has 0 saturated carbocycles. The molecule has 0 radical (unpaired) electrons. The van der Waals surface area contributed by atoms with Crippen LogP contribution in [-0.4, -0.2) is 11.5 Å². The Morgan fingerprint density at radius 2 is 2.00 bits per heavy atom.